The minimum absolute atomic E-state index is 0.0732. The van der Waals surface area contributed by atoms with E-state index in [2.05, 4.69) is 23.5 Å². The molecule has 4 nitrogen and oxygen atoms in total. The summed E-state index contributed by atoms with van der Waals surface area (Å²) in [4.78, 5) is 14.2. The van der Waals surface area contributed by atoms with Gasteiger partial charge >= 0.3 is 6.03 Å². The van der Waals surface area contributed by atoms with Crippen molar-refractivity contribution in [1.82, 2.24) is 5.32 Å². The standard InChI is InChI=1S/C21H28N2O2/c1-15-6-7-16(2)20(14-15)23(4)21(24)22-17(3)8-9-18-10-12-19(25-5)13-11-18/h6-7,10-14,17H,8-9H2,1-5H3,(H,22,24). The van der Waals surface area contributed by atoms with E-state index in [1.807, 2.05) is 52.1 Å². The molecule has 2 rings (SSSR count). The van der Waals surface area contributed by atoms with Crippen molar-refractivity contribution in [3.05, 3.63) is 59.2 Å². The van der Waals surface area contributed by atoms with Gasteiger partial charge in [-0.2, -0.15) is 0 Å². The first-order valence-electron chi connectivity index (χ1n) is 8.65. The number of rotatable bonds is 6. The smallest absolute Gasteiger partial charge is 0.321 e. The Labute approximate surface area is 150 Å². The van der Waals surface area contributed by atoms with Gasteiger partial charge in [0, 0.05) is 18.8 Å². The van der Waals surface area contributed by atoms with Gasteiger partial charge in [0.1, 0.15) is 5.75 Å². The first-order valence-corrected chi connectivity index (χ1v) is 8.65. The fourth-order valence-electron chi connectivity index (χ4n) is 2.75. The Morgan fingerprint density at radius 3 is 2.48 bits per heavy atom. The van der Waals surface area contributed by atoms with Crippen LogP contribution in [0.1, 0.15) is 30.0 Å². The van der Waals surface area contributed by atoms with Crippen LogP contribution in [0.3, 0.4) is 0 Å². The van der Waals surface area contributed by atoms with E-state index in [-0.39, 0.29) is 12.1 Å². The quantitative estimate of drug-likeness (QED) is 0.842. The van der Waals surface area contributed by atoms with Crippen LogP contribution < -0.4 is 15.0 Å². The Balaban J connectivity index is 1.89. The van der Waals surface area contributed by atoms with Crippen LogP contribution in [0.4, 0.5) is 10.5 Å². The molecule has 2 amide bonds. The number of amides is 2. The molecule has 4 heteroatoms. The summed E-state index contributed by atoms with van der Waals surface area (Å²) in [6.07, 6.45) is 1.80. The van der Waals surface area contributed by atoms with Crippen molar-refractivity contribution in [1.29, 1.82) is 0 Å². The minimum atomic E-state index is -0.0732. The summed E-state index contributed by atoms with van der Waals surface area (Å²) in [5, 5.41) is 3.08. The summed E-state index contributed by atoms with van der Waals surface area (Å²) in [6.45, 7) is 6.09. The zero-order valence-electron chi connectivity index (χ0n) is 15.8. The monoisotopic (exact) mass is 340 g/mol. The Bertz CT molecular complexity index is 710. The maximum absolute atomic E-state index is 12.5. The van der Waals surface area contributed by atoms with Crippen LogP contribution >= 0.6 is 0 Å². The number of nitrogens with zero attached hydrogens (tertiary/aromatic N) is 1. The molecule has 2 aromatic rings. The van der Waals surface area contributed by atoms with Crippen LogP contribution in [0.2, 0.25) is 0 Å². The van der Waals surface area contributed by atoms with E-state index in [1.165, 1.54) is 5.56 Å². The highest BCUT2D eigenvalue weighted by Gasteiger charge is 2.15. The molecule has 0 saturated heterocycles. The average Bonchev–Trinajstić information content (AvgIpc) is 2.61. The van der Waals surface area contributed by atoms with Crippen molar-refractivity contribution in [2.45, 2.75) is 39.7 Å². The van der Waals surface area contributed by atoms with Crippen molar-refractivity contribution in [2.24, 2.45) is 0 Å². The molecule has 1 N–H and O–H groups in total. The lowest BCUT2D eigenvalue weighted by Gasteiger charge is -2.23. The molecule has 1 atom stereocenters. The van der Waals surface area contributed by atoms with Gasteiger partial charge in [-0.25, -0.2) is 4.79 Å². The zero-order chi connectivity index (χ0) is 18.4. The van der Waals surface area contributed by atoms with Crippen LogP contribution in [0.15, 0.2) is 42.5 Å². The third-order valence-corrected chi connectivity index (χ3v) is 4.43. The number of hydrogen-bond acceptors (Lipinski definition) is 2. The van der Waals surface area contributed by atoms with Gasteiger partial charge in [-0.1, -0.05) is 24.3 Å². The summed E-state index contributed by atoms with van der Waals surface area (Å²) in [6, 6.07) is 14.2. The van der Waals surface area contributed by atoms with Crippen LogP contribution in [-0.4, -0.2) is 26.2 Å². The van der Waals surface area contributed by atoms with Gasteiger partial charge in [0.05, 0.1) is 7.11 Å². The molecule has 0 aromatic heterocycles. The lowest BCUT2D eigenvalue weighted by molar-refractivity contribution is 0.244. The molecule has 0 saturated carbocycles. The van der Waals surface area contributed by atoms with Crippen LogP contribution in [-0.2, 0) is 6.42 Å². The van der Waals surface area contributed by atoms with Crippen LogP contribution in [0.25, 0.3) is 0 Å². The molecule has 0 aliphatic rings. The number of carbonyl (C=O) groups excluding carboxylic acids is 1. The van der Waals surface area contributed by atoms with Gasteiger partial charge < -0.3 is 10.1 Å². The Hall–Kier alpha value is -2.49. The molecule has 0 radical (unpaired) electrons. The fraction of sp³-hybridized carbons (Fsp3) is 0.381. The minimum Gasteiger partial charge on any atom is -0.497 e. The molecule has 0 heterocycles. The lowest BCUT2D eigenvalue weighted by Crippen LogP contribution is -2.42. The number of ether oxygens (including phenoxy) is 1. The van der Waals surface area contributed by atoms with E-state index < -0.39 is 0 Å². The Morgan fingerprint density at radius 2 is 1.84 bits per heavy atom. The third kappa shape index (κ3) is 5.24. The molecule has 2 aromatic carbocycles. The van der Waals surface area contributed by atoms with E-state index >= 15 is 0 Å². The van der Waals surface area contributed by atoms with E-state index in [0.717, 1.165) is 35.4 Å². The first kappa shape index (κ1) is 18.8. The first-order chi connectivity index (χ1) is 11.9. The predicted octanol–water partition coefficient (Wildman–Crippen LogP) is 4.48. The highest BCUT2D eigenvalue weighted by molar-refractivity contribution is 5.92. The molecular weight excluding hydrogens is 312 g/mol. The number of urea groups is 1. The SMILES string of the molecule is COc1ccc(CCC(C)NC(=O)N(C)c2cc(C)ccc2C)cc1. The number of benzene rings is 2. The van der Waals surface area contributed by atoms with Gasteiger partial charge in [0.25, 0.3) is 0 Å². The summed E-state index contributed by atoms with van der Waals surface area (Å²) >= 11 is 0. The van der Waals surface area contributed by atoms with Crippen LogP contribution in [0, 0.1) is 13.8 Å². The maximum atomic E-state index is 12.5. The van der Waals surface area contributed by atoms with Gasteiger partial charge in [-0.15, -0.1) is 0 Å². The second-order valence-corrected chi connectivity index (χ2v) is 6.59. The van der Waals surface area contributed by atoms with Crippen molar-refractivity contribution in [3.63, 3.8) is 0 Å². The van der Waals surface area contributed by atoms with E-state index in [9.17, 15) is 4.79 Å². The van der Waals surface area contributed by atoms with Crippen LogP contribution in [0.5, 0.6) is 5.75 Å². The van der Waals surface area contributed by atoms with Gasteiger partial charge in [0.15, 0.2) is 0 Å². The highest BCUT2D eigenvalue weighted by atomic mass is 16.5. The molecule has 0 aliphatic carbocycles. The number of hydrogen-bond donors (Lipinski definition) is 1. The molecule has 0 aliphatic heterocycles. The van der Waals surface area contributed by atoms with Gasteiger partial charge in [-0.3, -0.25) is 4.90 Å². The highest BCUT2D eigenvalue weighted by Crippen LogP contribution is 2.20. The topological polar surface area (TPSA) is 41.6 Å². The summed E-state index contributed by atoms with van der Waals surface area (Å²) in [7, 11) is 3.48. The third-order valence-electron chi connectivity index (χ3n) is 4.43. The number of nitrogens with one attached hydrogen (secondary N) is 1. The summed E-state index contributed by atoms with van der Waals surface area (Å²) in [5.74, 6) is 0.861. The largest absolute Gasteiger partial charge is 0.497 e. The van der Waals surface area contributed by atoms with Gasteiger partial charge in [0.2, 0.25) is 0 Å². The summed E-state index contributed by atoms with van der Waals surface area (Å²) in [5.41, 5.74) is 4.42. The normalized spacial score (nSPS) is 11.7. The maximum Gasteiger partial charge on any atom is 0.321 e. The molecule has 0 bridgehead atoms. The second-order valence-electron chi connectivity index (χ2n) is 6.59. The molecule has 1 unspecified atom stereocenters. The molecule has 0 spiro atoms. The zero-order valence-corrected chi connectivity index (χ0v) is 15.8. The Morgan fingerprint density at radius 1 is 1.16 bits per heavy atom. The Kier molecular flexibility index (Phi) is 6.45. The number of carbonyl (C=O) groups is 1. The molecule has 25 heavy (non-hydrogen) atoms. The number of aryl methyl sites for hydroxylation is 3. The van der Waals surface area contributed by atoms with Crippen molar-refractivity contribution < 1.29 is 9.53 Å². The molecule has 134 valence electrons. The fourth-order valence-corrected chi connectivity index (χ4v) is 2.75. The second kappa shape index (κ2) is 8.56. The van der Waals surface area contributed by atoms with Crippen molar-refractivity contribution in [3.8, 4) is 5.75 Å². The lowest BCUT2D eigenvalue weighted by atomic mass is 10.1. The van der Waals surface area contributed by atoms with Crippen molar-refractivity contribution >= 4 is 11.7 Å². The summed E-state index contributed by atoms with van der Waals surface area (Å²) < 4.78 is 5.17. The molecular formula is C21H28N2O2. The van der Waals surface area contributed by atoms with Gasteiger partial charge in [-0.05, 0) is 68.5 Å². The predicted molar refractivity (Wildman–Crippen MR) is 104 cm³/mol. The number of anilines is 1. The van der Waals surface area contributed by atoms with E-state index in [4.69, 9.17) is 4.74 Å². The van der Waals surface area contributed by atoms with E-state index in [0.29, 0.717) is 0 Å². The van der Waals surface area contributed by atoms with E-state index in [1.54, 1.807) is 12.0 Å². The number of methoxy groups -OCH3 is 1. The average molecular weight is 340 g/mol. The van der Waals surface area contributed by atoms with Crippen molar-refractivity contribution in [2.75, 3.05) is 19.1 Å². The molecule has 0 fully saturated rings.